The summed E-state index contributed by atoms with van der Waals surface area (Å²) in [7, 11) is 0. The number of ether oxygens (including phenoxy) is 2. The molecule has 3 heterocycles. The number of aliphatic hydroxyl groups excluding tert-OH is 2. The van der Waals surface area contributed by atoms with E-state index in [1.165, 1.54) is 0 Å². The average molecular weight is 348 g/mol. The van der Waals surface area contributed by atoms with Gasteiger partial charge in [-0.05, 0) is 25.2 Å². The van der Waals surface area contributed by atoms with Crippen LogP contribution in [0.3, 0.4) is 0 Å². The highest BCUT2D eigenvalue weighted by atomic mass is 16.6. The summed E-state index contributed by atoms with van der Waals surface area (Å²) in [5.41, 5.74) is -2.11. The topological polar surface area (TPSA) is 93.1 Å². The predicted octanol–water partition coefficient (Wildman–Crippen LogP) is 1.51. The lowest BCUT2D eigenvalue weighted by Gasteiger charge is -2.58. The van der Waals surface area contributed by atoms with E-state index < -0.39 is 35.3 Å². The van der Waals surface area contributed by atoms with Crippen LogP contribution in [0.15, 0.2) is 11.3 Å². The maximum atomic E-state index is 13.2. The highest BCUT2D eigenvalue weighted by Crippen LogP contribution is 2.70. The minimum atomic E-state index is -1.23. The highest BCUT2D eigenvalue weighted by Gasteiger charge is 2.84. The molecule has 0 aromatic heterocycles. The van der Waals surface area contributed by atoms with Crippen molar-refractivity contribution in [1.29, 1.82) is 0 Å². The quantitative estimate of drug-likeness (QED) is 0.645. The number of esters is 1. The zero-order chi connectivity index (χ0) is 17.9. The van der Waals surface area contributed by atoms with Crippen molar-refractivity contribution in [2.75, 3.05) is 0 Å². The van der Waals surface area contributed by atoms with Crippen LogP contribution < -0.4 is 0 Å². The lowest BCUT2D eigenvalue weighted by molar-refractivity contribution is -0.300. The zero-order valence-electron chi connectivity index (χ0n) is 14.7. The van der Waals surface area contributed by atoms with Gasteiger partial charge in [-0.15, -0.1) is 0 Å². The second-order valence-electron chi connectivity index (χ2n) is 8.86. The number of fused-ring (bicyclic) bond motifs is 1. The van der Waals surface area contributed by atoms with Gasteiger partial charge in [-0.3, -0.25) is 4.79 Å². The van der Waals surface area contributed by atoms with Crippen LogP contribution >= 0.6 is 0 Å². The molecule has 0 aromatic rings. The number of rotatable bonds is 0. The van der Waals surface area contributed by atoms with Gasteiger partial charge in [0.1, 0.15) is 17.1 Å². The number of aliphatic hydroxyl groups is 2. The summed E-state index contributed by atoms with van der Waals surface area (Å²) >= 11 is 0. The Bertz CT molecular complexity index is 727. The Labute approximate surface area is 146 Å². The third kappa shape index (κ3) is 1.48. The lowest BCUT2D eigenvalue weighted by Crippen LogP contribution is -2.72. The summed E-state index contributed by atoms with van der Waals surface area (Å²) in [5, 5.41) is 21.7. The van der Waals surface area contributed by atoms with Crippen LogP contribution in [0.4, 0.5) is 0 Å². The first-order valence-electron chi connectivity index (χ1n) is 9.31. The third-order valence-corrected chi connectivity index (χ3v) is 7.57. The van der Waals surface area contributed by atoms with Gasteiger partial charge in [0.05, 0.1) is 18.1 Å². The molecule has 25 heavy (non-hydrogen) atoms. The van der Waals surface area contributed by atoms with E-state index in [1.807, 2.05) is 20.8 Å². The number of carbonyl (C=O) groups excluding carboxylic acids is 2. The number of ketones is 1. The molecule has 6 aliphatic rings. The fourth-order valence-electron chi connectivity index (χ4n) is 6.61. The van der Waals surface area contributed by atoms with E-state index in [0.29, 0.717) is 19.3 Å². The molecule has 0 radical (unpaired) electrons. The van der Waals surface area contributed by atoms with Gasteiger partial charge in [-0.25, -0.2) is 4.79 Å². The van der Waals surface area contributed by atoms with Gasteiger partial charge >= 0.3 is 5.97 Å². The van der Waals surface area contributed by atoms with Crippen molar-refractivity contribution in [3.8, 4) is 0 Å². The SMILES string of the molecule is C[C@@H]1C[C@H](C)C(=O)[C@@H]2C[C@@H]3[C@H](O)[C@@H]4O[C@@]25/C(=C\1O)C(=O)O[C@]35C[C@H]4C. The molecule has 5 fully saturated rings. The molecular weight excluding hydrogens is 324 g/mol. The minimum absolute atomic E-state index is 0.00145. The minimum Gasteiger partial charge on any atom is -0.511 e. The normalized spacial score (nSPS) is 59.4. The third-order valence-electron chi connectivity index (χ3n) is 7.57. The van der Waals surface area contributed by atoms with Crippen molar-refractivity contribution in [3.05, 3.63) is 11.3 Å². The summed E-state index contributed by atoms with van der Waals surface area (Å²) in [6.07, 6.45) is 0.318. The van der Waals surface area contributed by atoms with Crippen LogP contribution in [0, 0.1) is 29.6 Å². The molecule has 3 saturated heterocycles. The van der Waals surface area contributed by atoms with Gasteiger partial charge in [0.25, 0.3) is 0 Å². The summed E-state index contributed by atoms with van der Waals surface area (Å²) in [6, 6.07) is 0. The standard InChI is InChI=1S/C19H24O6/c1-7-4-8(2)14(21)12-17(23)25-18-6-9(3)16-15(22)10(18)5-11(13(7)20)19(12,18)24-16/h7-11,15-16,21-22H,4-6H2,1-3H3/b14-12+/t7-,8+,9+,10+,11-,15-,16+,18+,19+/m0/s1. The smallest absolute Gasteiger partial charge is 0.341 e. The fraction of sp³-hybridized carbons (Fsp3) is 0.789. The molecule has 3 aliphatic heterocycles. The lowest BCUT2D eigenvalue weighted by atomic mass is 9.59. The van der Waals surface area contributed by atoms with Crippen LogP contribution in [0.5, 0.6) is 0 Å². The molecule has 0 unspecified atom stereocenters. The van der Waals surface area contributed by atoms with Crippen molar-refractivity contribution in [2.24, 2.45) is 29.6 Å². The summed E-state index contributed by atoms with van der Waals surface area (Å²) < 4.78 is 12.3. The van der Waals surface area contributed by atoms with Crippen LogP contribution in [-0.4, -0.2) is 45.4 Å². The number of carbonyl (C=O) groups is 2. The largest absolute Gasteiger partial charge is 0.511 e. The molecule has 2 spiro atoms. The van der Waals surface area contributed by atoms with Crippen LogP contribution in [0.25, 0.3) is 0 Å². The van der Waals surface area contributed by atoms with Gasteiger partial charge < -0.3 is 19.7 Å². The van der Waals surface area contributed by atoms with E-state index >= 15 is 0 Å². The molecule has 4 bridgehead atoms. The summed E-state index contributed by atoms with van der Waals surface area (Å²) in [5.74, 6) is -1.89. The Hall–Kier alpha value is -1.40. The fourth-order valence-corrected chi connectivity index (χ4v) is 6.61. The molecule has 6 heteroatoms. The second-order valence-corrected chi connectivity index (χ2v) is 8.86. The molecular formula is C19H24O6. The predicted molar refractivity (Wildman–Crippen MR) is 85.4 cm³/mol. The Kier molecular flexibility index (Phi) is 2.83. The second kappa shape index (κ2) is 4.46. The Morgan fingerprint density at radius 3 is 2.56 bits per heavy atom. The van der Waals surface area contributed by atoms with Gasteiger partial charge in [0.2, 0.25) is 0 Å². The van der Waals surface area contributed by atoms with Gasteiger partial charge in [-0.2, -0.15) is 0 Å². The number of hydrogen-bond acceptors (Lipinski definition) is 6. The van der Waals surface area contributed by atoms with E-state index in [2.05, 4.69) is 0 Å². The number of allylic oxidation sites excluding steroid dienone is 1. The zero-order valence-corrected chi connectivity index (χ0v) is 14.7. The molecule has 6 rings (SSSR count). The molecule has 3 aliphatic carbocycles. The molecule has 136 valence electrons. The van der Waals surface area contributed by atoms with E-state index in [0.717, 1.165) is 0 Å². The molecule has 2 N–H and O–H groups in total. The maximum absolute atomic E-state index is 13.2. The first kappa shape index (κ1) is 15.8. The Morgan fingerprint density at radius 1 is 1.12 bits per heavy atom. The monoisotopic (exact) mass is 348 g/mol. The maximum Gasteiger partial charge on any atom is 0.341 e. The molecule has 6 nitrogen and oxygen atoms in total. The number of Topliss-reactive ketones (excluding diaryl/α,β-unsaturated/α-hetero) is 1. The molecule has 9 atom stereocenters. The number of hydrogen-bond donors (Lipinski definition) is 2. The van der Waals surface area contributed by atoms with Gasteiger partial charge in [0, 0.05) is 17.8 Å². The Morgan fingerprint density at radius 2 is 1.84 bits per heavy atom. The van der Waals surface area contributed by atoms with Crippen LogP contribution in [-0.2, 0) is 19.1 Å². The van der Waals surface area contributed by atoms with Crippen LogP contribution in [0.2, 0.25) is 0 Å². The van der Waals surface area contributed by atoms with E-state index in [9.17, 15) is 19.8 Å². The molecule has 0 amide bonds. The molecule has 0 aromatic carbocycles. The summed E-state index contributed by atoms with van der Waals surface area (Å²) in [4.78, 5) is 26.1. The molecule has 2 saturated carbocycles. The van der Waals surface area contributed by atoms with Crippen molar-refractivity contribution < 1.29 is 29.3 Å². The van der Waals surface area contributed by atoms with Crippen molar-refractivity contribution in [3.63, 3.8) is 0 Å². The first-order valence-corrected chi connectivity index (χ1v) is 9.31. The van der Waals surface area contributed by atoms with Crippen molar-refractivity contribution in [2.45, 2.75) is 63.4 Å². The summed E-state index contributed by atoms with van der Waals surface area (Å²) in [6.45, 7) is 5.68. The van der Waals surface area contributed by atoms with E-state index in [-0.39, 0.29) is 40.8 Å². The van der Waals surface area contributed by atoms with E-state index in [1.54, 1.807) is 0 Å². The van der Waals surface area contributed by atoms with Gasteiger partial charge in [-0.1, -0.05) is 20.8 Å². The van der Waals surface area contributed by atoms with Crippen LogP contribution in [0.1, 0.15) is 40.0 Å². The van der Waals surface area contributed by atoms with E-state index in [4.69, 9.17) is 9.47 Å². The Balaban J connectivity index is 1.82. The highest BCUT2D eigenvalue weighted by molar-refractivity contribution is 5.99. The van der Waals surface area contributed by atoms with Crippen molar-refractivity contribution >= 4 is 11.8 Å². The van der Waals surface area contributed by atoms with Gasteiger partial charge in [0.15, 0.2) is 11.2 Å². The first-order chi connectivity index (χ1) is 11.7. The average Bonchev–Trinajstić information content (AvgIpc) is 2.90. The van der Waals surface area contributed by atoms with Crippen molar-refractivity contribution in [1.82, 2.24) is 0 Å².